The average molecular weight is 328 g/mol. The van der Waals surface area contributed by atoms with E-state index in [0.717, 1.165) is 30.8 Å². The summed E-state index contributed by atoms with van der Waals surface area (Å²) in [5.41, 5.74) is 2.02. The Hall–Kier alpha value is -2.27. The summed E-state index contributed by atoms with van der Waals surface area (Å²) in [7, 11) is 0. The first kappa shape index (κ1) is 16.6. The van der Waals surface area contributed by atoms with Crippen LogP contribution < -0.4 is 0 Å². The van der Waals surface area contributed by atoms with Crippen molar-refractivity contribution in [2.24, 2.45) is 5.92 Å². The molecule has 0 spiro atoms. The Balaban J connectivity index is 1.79. The molecule has 0 aliphatic carbocycles. The molecule has 1 atom stereocenters. The molecule has 24 heavy (non-hydrogen) atoms. The molecule has 0 amide bonds. The van der Waals surface area contributed by atoms with E-state index in [0.29, 0.717) is 12.8 Å². The summed E-state index contributed by atoms with van der Waals surface area (Å²) in [6, 6.07) is 12.5. The molecule has 126 valence electrons. The molecule has 1 unspecified atom stereocenters. The number of rotatable bonds is 5. The highest BCUT2D eigenvalue weighted by molar-refractivity contribution is 5.70. The number of benzene rings is 1. The highest BCUT2D eigenvalue weighted by Crippen LogP contribution is 2.29. The number of hydrogen-bond acceptors (Lipinski definition) is 3. The Kier molecular flexibility index (Phi) is 5.20. The number of aromatic nitrogens is 1. The van der Waals surface area contributed by atoms with Gasteiger partial charge < -0.3 is 5.11 Å². The molecule has 1 saturated heterocycles. The number of likely N-dealkylation sites (tertiary alicyclic amines) is 1. The standard InChI is InChI=1S/C19H21FN2O2/c20-16-6-4-14(5-7-16)18(13-17-3-1-2-10-21-17)22-11-8-15(9-12-22)19(23)24/h1-7,10,15,18H,8-9,11-13H2,(H,23,24). The van der Waals surface area contributed by atoms with Crippen molar-refractivity contribution >= 4 is 5.97 Å². The maximum Gasteiger partial charge on any atom is 0.306 e. The maximum absolute atomic E-state index is 13.3. The van der Waals surface area contributed by atoms with E-state index in [-0.39, 0.29) is 17.8 Å². The SMILES string of the molecule is O=C(O)C1CCN(C(Cc2ccccn2)c2ccc(F)cc2)CC1. The fraction of sp³-hybridized carbons (Fsp3) is 0.368. The van der Waals surface area contributed by atoms with Gasteiger partial charge in [0.25, 0.3) is 0 Å². The van der Waals surface area contributed by atoms with Crippen molar-refractivity contribution in [1.82, 2.24) is 9.88 Å². The van der Waals surface area contributed by atoms with Gasteiger partial charge in [-0.3, -0.25) is 14.7 Å². The van der Waals surface area contributed by atoms with Gasteiger partial charge in [0.2, 0.25) is 0 Å². The van der Waals surface area contributed by atoms with Crippen LogP contribution in [-0.2, 0) is 11.2 Å². The first-order chi connectivity index (χ1) is 11.6. The van der Waals surface area contributed by atoms with Crippen molar-refractivity contribution in [3.63, 3.8) is 0 Å². The van der Waals surface area contributed by atoms with Crippen molar-refractivity contribution < 1.29 is 14.3 Å². The number of carboxylic acids is 1. The van der Waals surface area contributed by atoms with Crippen molar-refractivity contribution in [2.45, 2.75) is 25.3 Å². The summed E-state index contributed by atoms with van der Waals surface area (Å²) < 4.78 is 13.3. The summed E-state index contributed by atoms with van der Waals surface area (Å²) in [4.78, 5) is 17.9. The van der Waals surface area contributed by atoms with Crippen LogP contribution in [0.25, 0.3) is 0 Å². The third-order valence-corrected chi connectivity index (χ3v) is 4.70. The lowest BCUT2D eigenvalue weighted by Gasteiger charge is -2.36. The number of carboxylic acid groups (broad SMARTS) is 1. The van der Waals surface area contributed by atoms with Crippen LogP contribution in [0, 0.1) is 11.7 Å². The normalized spacial score (nSPS) is 17.5. The van der Waals surface area contributed by atoms with Crippen LogP contribution in [0.1, 0.15) is 30.1 Å². The zero-order valence-electron chi connectivity index (χ0n) is 13.4. The van der Waals surface area contributed by atoms with E-state index in [4.69, 9.17) is 0 Å². The second kappa shape index (κ2) is 7.53. The highest BCUT2D eigenvalue weighted by atomic mass is 19.1. The fourth-order valence-electron chi connectivity index (χ4n) is 3.32. The van der Waals surface area contributed by atoms with Crippen LogP contribution in [-0.4, -0.2) is 34.0 Å². The molecule has 1 N–H and O–H groups in total. The van der Waals surface area contributed by atoms with Gasteiger partial charge in [-0.1, -0.05) is 18.2 Å². The van der Waals surface area contributed by atoms with Crippen LogP contribution in [0.15, 0.2) is 48.7 Å². The van der Waals surface area contributed by atoms with Crippen molar-refractivity contribution in [3.05, 3.63) is 65.7 Å². The molecule has 4 nitrogen and oxygen atoms in total. The summed E-state index contributed by atoms with van der Waals surface area (Å²) in [5, 5.41) is 9.18. The molecule has 1 aromatic heterocycles. The summed E-state index contributed by atoms with van der Waals surface area (Å²) in [6.07, 6.45) is 3.79. The molecule has 0 bridgehead atoms. The lowest BCUT2D eigenvalue weighted by atomic mass is 9.92. The maximum atomic E-state index is 13.3. The van der Waals surface area contributed by atoms with Gasteiger partial charge in [0.1, 0.15) is 5.82 Å². The van der Waals surface area contributed by atoms with E-state index in [1.165, 1.54) is 12.1 Å². The molecule has 1 aliphatic rings. The Bertz CT molecular complexity index is 668. The van der Waals surface area contributed by atoms with Gasteiger partial charge in [-0.15, -0.1) is 0 Å². The molecule has 1 aliphatic heterocycles. The number of piperidine rings is 1. The summed E-state index contributed by atoms with van der Waals surface area (Å²) in [5.74, 6) is -1.22. The highest BCUT2D eigenvalue weighted by Gasteiger charge is 2.29. The number of aliphatic carboxylic acids is 1. The zero-order valence-corrected chi connectivity index (χ0v) is 13.4. The molecule has 0 saturated carbocycles. The van der Waals surface area contributed by atoms with E-state index in [2.05, 4.69) is 9.88 Å². The third-order valence-electron chi connectivity index (χ3n) is 4.70. The molecular weight excluding hydrogens is 307 g/mol. The van der Waals surface area contributed by atoms with Crippen LogP contribution in [0.2, 0.25) is 0 Å². The molecule has 2 heterocycles. The van der Waals surface area contributed by atoms with E-state index in [9.17, 15) is 14.3 Å². The lowest BCUT2D eigenvalue weighted by Crippen LogP contribution is -2.39. The Morgan fingerprint density at radius 3 is 2.50 bits per heavy atom. The largest absolute Gasteiger partial charge is 0.481 e. The van der Waals surface area contributed by atoms with Crippen LogP contribution in [0.3, 0.4) is 0 Å². The number of carbonyl (C=O) groups is 1. The summed E-state index contributed by atoms with van der Waals surface area (Å²) >= 11 is 0. The number of hydrogen-bond donors (Lipinski definition) is 1. The molecule has 2 aromatic rings. The smallest absolute Gasteiger partial charge is 0.306 e. The van der Waals surface area contributed by atoms with Crippen molar-refractivity contribution in [2.75, 3.05) is 13.1 Å². The molecule has 0 radical (unpaired) electrons. The third kappa shape index (κ3) is 3.97. The van der Waals surface area contributed by atoms with Crippen LogP contribution in [0.5, 0.6) is 0 Å². The lowest BCUT2D eigenvalue weighted by molar-refractivity contribution is -0.143. The topological polar surface area (TPSA) is 53.4 Å². The van der Waals surface area contributed by atoms with Gasteiger partial charge in [0, 0.05) is 24.4 Å². The molecular formula is C19H21FN2O2. The van der Waals surface area contributed by atoms with Crippen molar-refractivity contribution in [3.8, 4) is 0 Å². The first-order valence-corrected chi connectivity index (χ1v) is 8.25. The van der Waals surface area contributed by atoms with Gasteiger partial charge in [-0.2, -0.15) is 0 Å². The predicted molar refractivity (Wildman–Crippen MR) is 89.0 cm³/mol. The minimum absolute atomic E-state index is 0.0789. The molecule has 1 fully saturated rings. The van der Waals surface area contributed by atoms with Crippen molar-refractivity contribution in [1.29, 1.82) is 0 Å². The Morgan fingerprint density at radius 2 is 1.92 bits per heavy atom. The average Bonchev–Trinajstić information content (AvgIpc) is 2.62. The second-order valence-electron chi connectivity index (χ2n) is 6.24. The van der Waals surface area contributed by atoms with Gasteiger partial charge in [0.15, 0.2) is 0 Å². The first-order valence-electron chi connectivity index (χ1n) is 8.25. The van der Waals surface area contributed by atoms with E-state index < -0.39 is 5.97 Å². The summed E-state index contributed by atoms with van der Waals surface area (Å²) in [6.45, 7) is 1.46. The molecule has 3 rings (SSSR count). The monoisotopic (exact) mass is 328 g/mol. The van der Waals surface area contributed by atoms with Gasteiger partial charge >= 0.3 is 5.97 Å². The molecule has 1 aromatic carbocycles. The minimum atomic E-state index is -0.710. The van der Waals surface area contributed by atoms with E-state index >= 15 is 0 Å². The Labute approximate surface area is 141 Å². The van der Waals surface area contributed by atoms with Gasteiger partial charge in [0.05, 0.1) is 5.92 Å². The predicted octanol–water partition coefficient (Wildman–Crippen LogP) is 3.30. The van der Waals surface area contributed by atoms with Gasteiger partial charge in [-0.05, 0) is 55.8 Å². The Morgan fingerprint density at radius 1 is 1.21 bits per heavy atom. The van der Waals surface area contributed by atoms with E-state index in [1.807, 2.05) is 30.3 Å². The number of nitrogens with zero attached hydrogens (tertiary/aromatic N) is 2. The second-order valence-corrected chi connectivity index (χ2v) is 6.24. The fourth-order valence-corrected chi connectivity index (χ4v) is 3.32. The van der Waals surface area contributed by atoms with E-state index in [1.54, 1.807) is 6.20 Å². The van der Waals surface area contributed by atoms with Gasteiger partial charge in [-0.25, -0.2) is 4.39 Å². The minimum Gasteiger partial charge on any atom is -0.481 e. The van der Waals surface area contributed by atoms with Crippen LogP contribution >= 0.6 is 0 Å². The quantitative estimate of drug-likeness (QED) is 0.915. The number of halogens is 1. The van der Waals surface area contributed by atoms with Crippen LogP contribution in [0.4, 0.5) is 4.39 Å². The zero-order chi connectivity index (χ0) is 16.9. The number of pyridine rings is 1. The molecule has 5 heteroatoms.